The molecule has 4 rings (SSSR count). The lowest BCUT2D eigenvalue weighted by atomic mass is 10.00. The lowest BCUT2D eigenvalue weighted by Crippen LogP contribution is -2.48. The van der Waals surface area contributed by atoms with Gasteiger partial charge in [-0.3, -0.25) is 19.0 Å². The van der Waals surface area contributed by atoms with Gasteiger partial charge in [0.1, 0.15) is 0 Å². The van der Waals surface area contributed by atoms with E-state index in [1.807, 2.05) is 23.2 Å². The number of hydrogen-bond acceptors (Lipinski definition) is 5. The maximum atomic E-state index is 13.0. The Morgan fingerprint density at radius 2 is 1.90 bits per heavy atom. The molecule has 0 spiro atoms. The van der Waals surface area contributed by atoms with Gasteiger partial charge in [0.25, 0.3) is 5.91 Å². The minimum absolute atomic E-state index is 0.0188. The maximum Gasteiger partial charge on any atom is 0.253 e. The average molecular weight is 415 g/mol. The summed E-state index contributed by atoms with van der Waals surface area (Å²) in [4.78, 5) is 21.4. The third-order valence-corrected chi connectivity index (χ3v) is 6.77. The first kappa shape index (κ1) is 19.8. The first-order chi connectivity index (χ1) is 13.9. The van der Waals surface area contributed by atoms with Crippen molar-refractivity contribution in [3.05, 3.63) is 59.4 Å². The van der Waals surface area contributed by atoms with Crippen LogP contribution in [-0.4, -0.2) is 68.1 Å². The zero-order valence-corrected chi connectivity index (χ0v) is 17.4. The van der Waals surface area contributed by atoms with Crippen LogP contribution in [0, 0.1) is 0 Å². The van der Waals surface area contributed by atoms with Crippen LogP contribution in [0.4, 0.5) is 5.69 Å². The van der Waals surface area contributed by atoms with Crippen molar-refractivity contribution >= 4 is 21.6 Å². The van der Waals surface area contributed by atoms with Gasteiger partial charge in [-0.2, -0.15) is 0 Å². The molecule has 1 amide bonds. The molecule has 1 aromatic carbocycles. The molecule has 1 saturated heterocycles. The highest BCUT2D eigenvalue weighted by Gasteiger charge is 2.27. The van der Waals surface area contributed by atoms with Crippen molar-refractivity contribution in [1.29, 1.82) is 0 Å². The number of amides is 1. The number of carbonyl (C=O) groups excluding carboxylic acids is 1. The van der Waals surface area contributed by atoms with E-state index in [-0.39, 0.29) is 5.91 Å². The van der Waals surface area contributed by atoms with E-state index < -0.39 is 10.0 Å². The molecular weight excluding hydrogens is 388 g/mol. The molecule has 2 aliphatic heterocycles. The molecule has 0 unspecified atom stereocenters. The fourth-order valence-corrected chi connectivity index (χ4v) is 5.08. The molecule has 2 aromatic rings. The van der Waals surface area contributed by atoms with Gasteiger partial charge in [-0.05, 0) is 48.2 Å². The van der Waals surface area contributed by atoms with Crippen LogP contribution in [0.15, 0.2) is 42.7 Å². The molecule has 0 aliphatic carbocycles. The molecule has 2 aliphatic rings. The third kappa shape index (κ3) is 4.43. The van der Waals surface area contributed by atoms with Crippen molar-refractivity contribution in [3.63, 3.8) is 0 Å². The Hall–Kier alpha value is -2.45. The summed E-state index contributed by atoms with van der Waals surface area (Å²) < 4.78 is 25.5. The number of nitrogens with zero attached hydrogens (tertiary/aromatic N) is 4. The van der Waals surface area contributed by atoms with E-state index in [1.165, 1.54) is 16.1 Å². The zero-order valence-electron chi connectivity index (χ0n) is 16.6. The van der Waals surface area contributed by atoms with E-state index in [0.29, 0.717) is 30.9 Å². The average Bonchev–Trinajstić information content (AvgIpc) is 2.73. The van der Waals surface area contributed by atoms with Crippen molar-refractivity contribution in [1.82, 2.24) is 14.8 Å². The summed E-state index contributed by atoms with van der Waals surface area (Å²) in [5, 5.41) is 0. The van der Waals surface area contributed by atoms with E-state index in [0.717, 1.165) is 38.0 Å². The molecule has 0 atom stereocenters. The molecule has 0 radical (unpaired) electrons. The van der Waals surface area contributed by atoms with E-state index in [2.05, 4.69) is 16.0 Å². The molecule has 1 aromatic heterocycles. The van der Waals surface area contributed by atoms with Crippen LogP contribution >= 0.6 is 0 Å². The van der Waals surface area contributed by atoms with Crippen LogP contribution in [0.2, 0.25) is 0 Å². The lowest BCUT2D eigenvalue weighted by Gasteiger charge is -2.35. The van der Waals surface area contributed by atoms with E-state index in [4.69, 9.17) is 0 Å². The number of rotatable bonds is 4. The van der Waals surface area contributed by atoms with Crippen molar-refractivity contribution in [2.75, 3.05) is 43.3 Å². The smallest absolute Gasteiger partial charge is 0.253 e. The largest absolute Gasteiger partial charge is 0.336 e. The Kier molecular flexibility index (Phi) is 5.56. The first-order valence-corrected chi connectivity index (χ1v) is 11.8. The summed E-state index contributed by atoms with van der Waals surface area (Å²) in [5.74, 6) is 0.0188. The number of aryl methyl sites for hydroxylation is 1. The number of carbonyl (C=O) groups is 1. The van der Waals surface area contributed by atoms with Gasteiger partial charge in [-0.25, -0.2) is 8.42 Å². The number of fused-ring (bicyclic) bond motifs is 1. The van der Waals surface area contributed by atoms with Gasteiger partial charge in [-0.1, -0.05) is 6.07 Å². The van der Waals surface area contributed by atoms with Crippen LogP contribution in [0.3, 0.4) is 0 Å². The van der Waals surface area contributed by atoms with Gasteiger partial charge in [0.05, 0.1) is 11.9 Å². The first-order valence-electron chi connectivity index (χ1n) is 9.93. The zero-order chi connectivity index (χ0) is 20.4. The summed E-state index contributed by atoms with van der Waals surface area (Å²) in [6, 6.07) is 9.42. The van der Waals surface area contributed by atoms with Gasteiger partial charge >= 0.3 is 0 Å². The predicted molar refractivity (Wildman–Crippen MR) is 112 cm³/mol. The summed E-state index contributed by atoms with van der Waals surface area (Å²) in [6.45, 7) is 4.37. The molecular formula is C21H26N4O3S. The molecule has 0 saturated carbocycles. The topological polar surface area (TPSA) is 73.8 Å². The van der Waals surface area contributed by atoms with Crippen LogP contribution in [0.1, 0.15) is 27.9 Å². The Balaban J connectivity index is 1.42. The summed E-state index contributed by atoms with van der Waals surface area (Å²) in [5.41, 5.74) is 3.46. The molecule has 29 heavy (non-hydrogen) atoms. The highest BCUT2D eigenvalue weighted by molar-refractivity contribution is 7.92. The summed E-state index contributed by atoms with van der Waals surface area (Å²) in [6.07, 6.45) is 6.44. The molecule has 154 valence electrons. The van der Waals surface area contributed by atoms with Gasteiger partial charge in [0, 0.05) is 57.2 Å². The van der Waals surface area contributed by atoms with E-state index >= 15 is 0 Å². The molecule has 8 heteroatoms. The van der Waals surface area contributed by atoms with E-state index in [1.54, 1.807) is 18.3 Å². The van der Waals surface area contributed by atoms with Gasteiger partial charge in [0.15, 0.2) is 0 Å². The fourth-order valence-electron chi connectivity index (χ4n) is 4.08. The summed E-state index contributed by atoms with van der Waals surface area (Å²) >= 11 is 0. The van der Waals surface area contributed by atoms with Crippen molar-refractivity contribution in [3.8, 4) is 0 Å². The predicted octanol–water partition coefficient (Wildman–Crippen LogP) is 1.75. The van der Waals surface area contributed by atoms with Crippen molar-refractivity contribution in [2.24, 2.45) is 0 Å². The second-order valence-electron chi connectivity index (χ2n) is 7.71. The number of anilines is 1. The number of sulfonamides is 1. The maximum absolute atomic E-state index is 13.0. The number of piperazine rings is 1. The van der Waals surface area contributed by atoms with E-state index in [9.17, 15) is 13.2 Å². The third-order valence-electron chi connectivity index (χ3n) is 5.59. The second-order valence-corrected chi connectivity index (χ2v) is 9.62. The fraction of sp³-hybridized carbons (Fsp3) is 0.429. The van der Waals surface area contributed by atoms with Crippen molar-refractivity contribution in [2.45, 2.75) is 19.4 Å². The quantitative estimate of drug-likeness (QED) is 0.762. The highest BCUT2D eigenvalue weighted by atomic mass is 32.2. The minimum Gasteiger partial charge on any atom is -0.336 e. The number of aromatic nitrogens is 1. The number of benzene rings is 1. The SMILES string of the molecule is CS(=O)(=O)N1CCCc2cc(C(=O)N3CCN(Cc4cccnc4)CC3)ccc21. The van der Waals surface area contributed by atoms with Gasteiger partial charge < -0.3 is 4.90 Å². The van der Waals surface area contributed by atoms with Gasteiger partial charge in [0.2, 0.25) is 10.0 Å². The van der Waals surface area contributed by atoms with Crippen LogP contribution in [0.5, 0.6) is 0 Å². The molecule has 0 N–H and O–H groups in total. The molecule has 0 bridgehead atoms. The number of hydrogen-bond donors (Lipinski definition) is 0. The van der Waals surface area contributed by atoms with Crippen LogP contribution < -0.4 is 4.31 Å². The Labute approximate surface area is 172 Å². The molecule has 3 heterocycles. The normalized spacial score (nSPS) is 17.8. The Bertz CT molecular complexity index is 986. The highest BCUT2D eigenvalue weighted by Crippen LogP contribution is 2.30. The second kappa shape index (κ2) is 8.12. The lowest BCUT2D eigenvalue weighted by molar-refractivity contribution is 0.0628. The summed E-state index contributed by atoms with van der Waals surface area (Å²) in [7, 11) is -3.30. The number of pyridine rings is 1. The molecule has 1 fully saturated rings. The van der Waals surface area contributed by atoms with Crippen molar-refractivity contribution < 1.29 is 13.2 Å². The monoisotopic (exact) mass is 414 g/mol. The molecule has 7 nitrogen and oxygen atoms in total. The Morgan fingerprint density at radius 1 is 1.10 bits per heavy atom. The van der Waals surface area contributed by atoms with Crippen LogP contribution in [-0.2, 0) is 23.0 Å². The Morgan fingerprint density at radius 3 is 2.59 bits per heavy atom. The minimum atomic E-state index is -3.30. The standard InChI is InChI=1S/C21H26N4O3S/c1-29(27,28)25-9-3-5-18-14-19(6-7-20(18)25)21(26)24-12-10-23(11-13-24)16-17-4-2-8-22-15-17/h2,4,6-8,14-15H,3,5,9-13,16H2,1H3. The van der Waals surface area contributed by atoms with Crippen LogP contribution in [0.25, 0.3) is 0 Å². The van der Waals surface area contributed by atoms with Gasteiger partial charge in [-0.15, -0.1) is 0 Å².